The van der Waals surface area contributed by atoms with Gasteiger partial charge in [0.25, 0.3) is 11.8 Å². The summed E-state index contributed by atoms with van der Waals surface area (Å²) in [6.45, 7) is 2.41. The minimum absolute atomic E-state index is 0.0519. The van der Waals surface area contributed by atoms with Gasteiger partial charge in [-0.05, 0) is 54.1 Å². The van der Waals surface area contributed by atoms with Crippen LogP contribution in [0, 0.1) is 0 Å². The van der Waals surface area contributed by atoms with Gasteiger partial charge in [0, 0.05) is 47.2 Å². The van der Waals surface area contributed by atoms with E-state index in [-0.39, 0.29) is 17.2 Å². The molecule has 2 aliphatic rings. The first-order valence-corrected chi connectivity index (χ1v) is 11.1. The first kappa shape index (κ1) is 19.7. The van der Waals surface area contributed by atoms with Crippen LogP contribution in [0.2, 0.25) is 0 Å². The van der Waals surface area contributed by atoms with Crippen molar-refractivity contribution in [3.63, 3.8) is 0 Å². The summed E-state index contributed by atoms with van der Waals surface area (Å²) in [4.78, 5) is 33.2. The maximum atomic E-state index is 12.9. The largest absolute Gasteiger partial charge is 0.357 e. The Morgan fingerprint density at radius 1 is 1.00 bits per heavy atom. The Morgan fingerprint density at radius 3 is 2.73 bits per heavy atom. The van der Waals surface area contributed by atoms with Gasteiger partial charge in [-0.15, -0.1) is 0 Å². The molecule has 6 rings (SSSR count). The van der Waals surface area contributed by atoms with Gasteiger partial charge >= 0.3 is 0 Å². The van der Waals surface area contributed by atoms with Crippen LogP contribution in [-0.2, 0) is 5.41 Å². The molecule has 2 aliphatic heterocycles. The van der Waals surface area contributed by atoms with E-state index in [1.54, 1.807) is 6.20 Å². The molecule has 0 radical (unpaired) electrons. The number of benzene rings is 2. The quantitative estimate of drug-likeness (QED) is 0.395. The lowest BCUT2D eigenvalue weighted by molar-refractivity contribution is 0.0926. The Balaban J connectivity index is 1.29. The van der Waals surface area contributed by atoms with Gasteiger partial charge in [0.2, 0.25) is 0 Å². The number of carbonyl (C=O) groups excluding carboxylic acids is 2. The molecular formula is C26H23N5O2. The van der Waals surface area contributed by atoms with Crippen LogP contribution in [0.5, 0.6) is 0 Å². The molecule has 2 aromatic heterocycles. The third-order valence-corrected chi connectivity index (χ3v) is 6.75. The molecule has 1 saturated heterocycles. The standard InChI is InChI=1S/C26H23N5O2/c32-24(19-6-5-16-3-1-2-4-17(16)11-19)31-22-12-18(7-9-28-22)21-13-20-23(30-21)26(8-10-27-14-26)15-29-25(20)33/h1-7,9,11-13,27,30H,8,10,14-15H2,(H,29,33)(H,28,31,32). The zero-order chi connectivity index (χ0) is 22.4. The summed E-state index contributed by atoms with van der Waals surface area (Å²) in [5, 5.41) is 11.4. The Kier molecular flexibility index (Phi) is 4.52. The summed E-state index contributed by atoms with van der Waals surface area (Å²) in [5.74, 6) is 0.190. The number of H-pyrrole nitrogens is 1. The zero-order valence-electron chi connectivity index (χ0n) is 17.9. The van der Waals surface area contributed by atoms with Crippen molar-refractivity contribution in [2.75, 3.05) is 25.0 Å². The van der Waals surface area contributed by atoms with Crippen molar-refractivity contribution in [1.29, 1.82) is 0 Å². The summed E-state index contributed by atoms with van der Waals surface area (Å²) in [6, 6.07) is 19.2. The van der Waals surface area contributed by atoms with Crippen molar-refractivity contribution >= 4 is 28.4 Å². The number of nitrogens with one attached hydrogen (secondary N) is 4. The number of aromatic nitrogens is 2. The molecule has 33 heavy (non-hydrogen) atoms. The lowest BCUT2D eigenvalue weighted by Crippen LogP contribution is -2.48. The van der Waals surface area contributed by atoms with Crippen LogP contribution in [0.15, 0.2) is 66.9 Å². The molecule has 2 aromatic carbocycles. The second-order valence-corrected chi connectivity index (χ2v) is 8.81. The highest BCUT2D eigenvalue weighted by Crippen LogP contribution is 2.37. The van der Waals surface area contributed by atoms with E-state index in [4.69, 9.17) is 0 Å². The first-order valence-electron chi connectivity index (χ1n) is 11.1. The fraction of sp³-hybridized carbons (Fsp3) is 0.192. The second kappa shape index (κ2) is 7.56. The molecule has 1 unspecified atom stereocenters. The molecule has 1 fully saturated rings. The number of pyridine rings is 1. The number of aromatic amines is 1. The fourth-order valence-electron chi connectivity index (χ4n) is 4.93. The maximum absolute atomic E-state index is 12.9. The molecule has 7 heteroatoms. The van der Waals surface area contributed by atoms with Crippen molar-refractivity contribution < 1.29 is 9.59 Å². The van der Waals surface area contributed by atoms with Crippen LogP contribution >= 0.6 is 0 Å². The Labute approximate surface area is 190 Å². The predicted octanol–water partition coefficient (Wildman–Crippen LogP) is 3.46. The maximum Gasteiger partial charge on any atom is 0.256 e. The predicted molar refractivity (Wildman–Crippen MR) is 127 cm³/mol. The first-order chi connectivity index (χ1) is 16.1. The van der Waals surface area contributed by atoms with Gasteiger partial charge in [0.15, 0.2) is 0 Å². The molecule has 4 N–H and O–H groups in total. The van der Waals surface area contributed by atoms with Crippen LogP contribution in [0.4, 0.5) is 5.82 Å². The number of fused-ring (bicyclic) bond motifs is 3. The van der Waals surface area contributed by atoms with E-state index in [2.05, 4.69) is 25.9 Å². The summed E-state index contributed by atoms with van der Waals surface area (Å²) < 4.78 is 0. The molecular weight excluding hydrogens is 414 g/mol. The minimum atomic E-state index is -0.216. The number of anilines is 1. The van der Waals surface area contributed by atoms with Gasteiger partial charge in [0.05, 0.1) is 5.56 Å². The van der Waals surface area contributed by atoms with E-state index in [0.29, 0.717) is 23.5 Å². The van der Waals surface area contributed by atoms with E-state index in [1.807, 2.05) is 60.7 Å². The number of amides is 2. The topological polar surface area (TPSA) is 98.9 Å². The van der Waals surface area contributed by atoms with Crippen molar-refractivity contribution in [3.8, 4) is 11.3 Å². The van der Waals surface area contributed by atoms with Crippen molar-refractivity contribution in [1.82, 2.24) is 20.6 Å². The van der Waals surface area contributed by atoms with Crippen LogP contribution < -0.4 is 16.0 Å². The summed E-state index contributed by atoms with van der Waals surface area (Å²) >= 11 is 0. The Hall–Kier alpha value is -3.97. The second-order valence-electron chi connectivity index (χ2n) is 8.81. The van der Waals surface area contributed by atoms with E-state index in [0.717, 1.165) is 47.2 Å². The molecule has 0 bridgehead atoms. The highest BCUT2D eigenvalue weighted by Gasteiger charge is 2.43. The number of rotatable bonds is 3. The van der Waals surface area contributed by atoms with Crippen LogP contribution in [0.3, 0.4) is 0 Å². The van der Waals surface area contributed by atoms with E-state index in [9.17, 15) is 9.59 Å². The zero-order valence-corrected chi connectivity index (χ0v) is 17.9. The van der Waals surface area contributed by atoms with Gasteiger partial charge in [-0.1, -0.05) is 30.3 Å². The molecule has 4 heterocycles. The molecule has 2 amide bonds. The molecule has 4 aromatic rings. The third-order valence-electron chi connectivity index (χ3n) is 6.75. The summed E-state index contributed by atoms with van der Waals surface area (Å²) in [5.41, 5.74) is 3.86. The molecule has 164 valence electrons. The van der Waals surface area contributed by atoms with Crippen molar-refractivity contribution in [2.24, 2.45) is 0 Å². The minimum Gasteiger partial charge on any atom is -0.357 e. The third kappa shape index (κ3) is 3.37. The fourth-order valence-corrected chi connectivity index (χ4v) is 4.93. The Bertz CT molecular complexity index is 1400. The van der Waals surface area contributed by atoms with Gasteiger partial charge in [-0.25, -0.2) is 4.98 Å². The highest BCUT2D eigenvalue weighted by atomic mass is 16.2. The van der Waals surface area contributed by atoms with Gasteiger partial charge < -0.3 is 20.9 Å². The van der Waals surface area contributed by atoms with Gasteiger partial charge in [-0.3, -0.25) is 9.59 Å². The van der Waals surface area contributed by atoms with Gasteiger partial charge in [-0.2, -0.15) is 0 Å². The monoisotopic (exact) mass is 437 g/mol. The molecule has 0 saturated carbocycles. The molecule has 7 nitrogen and oxygen atoms in total. The molecule has 1 spiro atoms. The van der Waals surface area contributed by atoms with Crippen LogP contribution in [0.25, 0.3) is 22.0 Å². The van der Waals surface area contributed by atoms with E-state index < -0.39 is 0 Å². The van der Waals surface area contributed by atoms with Crippen LogP contribution in [0.1, 0.15) is 32.8 Å². The van der Waals surface area contributed by atoms with E-state index in [1.165, 1.54) is 0 Å². The lowest BCUT2D eigenvalue weighted by atomic mass is 9.79. The van der Waals surface area contributed by atoms with Gasteiger partial charge in [0.1, 0.15) is 5.82 Å². The average molecular weight is 438 g/mol. The molecule has 1 atom stereocenters. The van der Waals surface area contributed by atoms with Crippen molar-refractivity contribution in [2.45, 2.75) is 11.8 Å². The number of carbonyl (C=O) groups is 2. The SMILES string of the molecule is O=C(Nc1cc(-c2cc3c([nH]2)C2(CCNC2)CNC3=O)ccn1)c1ccc2ccccc2c1. The number of hydrogen-bond acceptors (Lipinski definition) is 4. The van der Waals surface area contributed by atoms with Crippen LogP contribution in [-0.4, -0.2) is 41.4 Å². The van der Waals surface area contributed by atoms with E-state index >= 15 is 0 Å². The normalized spacial score (nSPS) is 19.5. The van der Waals surface area contributed by atoms with Crippen molar-refractivity contribution in [3.05, 3.63) is 83.7 Å². The summed E-state index contributed by atoms with van der Waals surface area (Å²) in [6.07, 6.45) is 2.64. The Morgan fingerprint density at radius 2 is 1.88 bits per heavy atom. The highest BCUT2D eigenvalue weighted by molar-refractivity contribution is 6.06. The lowest BCUT2D eigenvalue weighted by Gasteiger charge is -2.32. The number of hydrogen-bond donors (Lipinski definition) is 4. The molecule has 0 aliphatic carbocycles. The summed E-state index contributed by atoms with van der Waals surface area (Å²) in [7, 11) is 0. The number of nitrogens with zero attached hydrogens (tertiary/aromatic N) is 1. The smallest absolute Gasteiger partial charge is 0.256 e. The average Bonchev–Trinajstić information content (AvgIpc) is 3.51.